The smallest absolute Gasteiger partial charge is 0.407 e. The number of hydrogen-bond acceptors (Lipinski definition) is 7. The standard InChI is InChI=1S/C31H44N3O6/c1-29-10-7-22(40-28(37)33-14-16-34-15-13-32-26(35)18-34)17-21(29)4-5-25-24(29)8-11-30(2)23(9-12-31(25,30)38)20-3-6-27(36)39-19-20/h3,6,9,19,21-25,38H,4-5,7-8,10-18H2,1-2H3,(H,32,35)(H,33,37)/t21-,22+,23-,24+,25-,29+,30-,31+/m1/s1. The SMILES string of the molecule is C[C@]12CC[C@H](OC(=O)NCCN3CCNC(=O)C3)C[C@H]1CC[C@@H]1[C@@H]2CC[C@]2(C)[C@@H](c3ccc(=O)oc3)[CH]C[C@]12O. The lowest BCUT2D eigenvalue weighted by molar-refractivity contribution is -0.205. The van der Waals surface area contributed by atoms with E-state index < -0.39 is 5.60 Å². The van der Waals surface area contributed by atoms with Gasteiger partial charge in [-0.05, 0) is 98.5 Å². The Hall–Kier alpha value is -2.39. The summed E-state index contributed by atoms with van der Waals surface area (Å²) in [5, 5.41) is 18.1. The Kier molecular flexibility index (Phi) is 7.26. The van der Waals surface area contributed by atoms with E-state index in [0.717, 1.165) is 57.1 Å². The zero-order valence-corrected chi connectivity index (χ0v) is 23.8. The van der Waals surface area contributed by atoms with Gasteiger partial charge in [-0.3, -0.25) is 9.69 Å². The molecule has 40 heavy (non-hydrogen) atoms. The summed E-state index contributed by atoms with van der Waals surface area (Å²) in [7, 11) is 0. The number of aliphatic hydroxyl groups is 1. The third-order valence-corrected chi connectivity index (χ3v) is 11.7. The Balaban J connectivity index is 1.06. The van der Waals surface area contributed by atoms with Gasteiger partial charge in [0.05, 0.1) is 18.4 Å². The second kappa shape index (κ2) is 10.5. The first kappa shape index (κ1) is 27.8. The van der Waals surface area contributed by atoms with Crippen LogP contribution in [-0.2, 0) is 9.53 Å². The normalized spacial score (nSPS) is 41.3. The number of amides is 2. The molecule has 5 fully saturated rings. The maximum atomic E-state index is 12.6. The van der Waals surface area contributed by atoms with Crippen molar-refractivity contribution in [3.05, 3.63) is 40.8 Å². The van der Waals surface area contributed by atoms with Crippen LogP contribution in [0.2, 0.25) is 0 Å². The molecule has 219 valence electrons. The predicted octanol–water partition coefficient (Wildman–Crippen LogP) is 3.22. The summed E-state index contributed by atoms with van der Waals surface area (Å²) in [5.41, 5.74) is -0.292. The molecule has 0 aromatic carbocycles. The van der Waals surface area contributed by atoms with E-state index in [-0.39, 0.29) is 46.4 Å². The largest absolute Gasteiger partial charge is 0.446 e. The number of hydrogen-bond donors (Lipinski definition) is 3. The molecule has 1 saturated heterocycles. The van der Waals surface area contributed by atoms with E-state index in [4.69, 9.17) is 9.15 Å². The maximum absolute atomic E-state index is 12.6. The van der Waals surface area contributed by atoms with Crippen LogP contribution in [-0.4, -0.2) is 66.4 Å². The molecule has 0 spiro atoms. The van der Waals surface area contributed by atoms with E-state index >= 15 is 0 Å². The fourth-order valence-electron chi connectivity index (χ4n) is 9.47. The summed E-state index contributed by atoms with van der Waals surface area (Å²) >= 11 is 0. The van der Waals surface area contributed by atoms with Gasteiger partial charge in [0.15, 0.2) is 0 Å². The molecule has 3 N–H and O–H groups in total. The Morgan fingerprint density at radius 3 is 2.80 bits per heavy atom. The third kappa shape index (κ3) is 4.67. The maximum Gasteiger partial charge on any atom is 0.407 e. The first-order chi connectivity index (χ1) is 19.1. The summed E-state index contributed by atoms with van der Waals surface area (Å²) in [5.74, 6) is 1.26. The molecule has 5 aliphatic rings. The zero-order chi connectivity index (χ0) is 28.1. The fourth-order valence-corrected chi connectivity index (χ4v) is 9.47. The highest BCUT2D eigenvalue weighted by atomic mass is 16.6. The van der Waals surface area contributed by atoms with Gasteiger partial charge in [-0.1, -0.05) is 13.8 Å². The number of rotatable bonds is 5. The summed E-state index contributed by atoms with van der Waals surface area (Å²) in [4.78, 5) is 37.7. The lowest BCUT2D eigenvalue weighted by Crippen LogP contribution is -2.62. The number of ether oxygens (including phenoxy) is 1. The second-order valence-corrected chi connectivity index (χ2v) is 13.5. The van der Waals surface area contributed by atoms with Crippen molar-refractivity contribution in [2.24, 2.45) is 28.6 Å². The average molecular weight is 555 g/mol. The molecular weight excluding hydrogens is 510 g/mol. The average Bonchev–Trinajstić information content (AvgIpc) is 3.20. The summed E-state index contributed by atoms with van der Waals surface area (Å²) in [6.45, 7) is 7.58. The van der Waals surface area contributed by atoms with E-state index in [1.54, 1.807) is 6.26 Å². The van der Waals surface area contributed by atoms with E-state index in [1.165, 1.54) is 6.07 Å². The van der Waals surface area contributed by atoms with E-state index in [2.05, 4.69) is 30.9 Å². The number of carbonyl (C=O) groups is 2. The van der Waals surface area contributed by atoms with Crippen molar-refractivity contribution in [1.82, 2.24) is 15.5 Å². The topological polar surface area (TPSA) is 121 Å². The van der Waals surface area contributed by atoms with Gasteiger partial charge >= 0.3 is 11.7 Å². The van der Waals surface area contributed by atoms with E-state index in [9.17, 15) is 19.5 Å². The molecule has 8 atom stereocenters. The molecule has 6 rings (SSSR count). The summed E-state index contributed by atoms with van der Waals surface area (Å²) in [6, 6.07) is 3.34. The van der Waals surface area contributed by atoms with Gasteiger partial charge in [-0.15, -0.1) is 0 Å². The Bertz CT molecular complexity index is 1170. The fraction of sp³-hybridized carbons (Fsp3) is 0.742. The molecular formula is C31H44N3O6. The van der Waals surface area contributed by atoms with Crippen LogP contribution in [0.25, 0.3) is 0 Å². The van der Waals surface area contributed by atoms with Crippen LogP contribution in [0.15, 0.2) is 27.6 Å². The molecule has 1 aliphatic heterocycles. The molecule has 1 radical (unpaired) electrons. The Labute approximate surface area is 236 Å². The van der Waals surface area contributed by atoms with Crippen molar-refractivity contribution in [2.75, 3.05) is 32.7 Å². The third-order valence-electron chi connectivity index (χ3n) is 11.7. The number of piperazine rings is 1. The minimum Gasteiger partial charge on any atom is -0.446 e. The van der Waals surface area contributed by atoms with Crippen LogP contribution in [0.1, 0.15) is 76.7 Å². The van der Waals surface area contributed by atoms with Crippen molar-refractivity contribution < 1.29 is 23.8 Å². The van der Waals surface area contributed by atoms with Crippen LogP contribution < -0.4 is 16.3 Å². The molecule has 2 heterocycles. The predicted molar refractivity (Wildman–Crippen MR) is 148 cm³/mol. The van der Waals surface area contributed by atoms with Crippen molar-refractivity contribution in [1.29, 1.82) is 0 Å². The van der Waals surface area contributed by atoms with E-state index in [0.29, 0.717) is 44.4 Å². The van der Waals surface area contributed by atoms with E-state index in [1.807, 2.05) is 11.0 Å². The Morgan fingerprint density at radius 1 is 1.18 bits per heavy atom. The lowest BCUT2D eigenvalue weighted by atomic mass is 9.43. The monoisotopic (exact) mass is 554 g/mol. The van der Waals surface area contributed by atoms with Gasteiger partial charge in [-0.2, -0.15) is 0 Å². The van der Waals surface area contributed by atoms with Crippen molar-refractivity contribution >= 4 is 12.0 Å². The molecule has 1 aromatic rings. The van der Waals surface area contributed by atoms with Crippen molar-refractivity contribution in [3.63, 3.8) is 0 Å². The molecule has 1 aromatic heterocycles. The van der Waals surface area contributed by atoms with Crippen LogP contribution in [0.4, 0.5) is 4.79 Å². The van der Waals surface area contributed by atoms with Crippen LogP contribution in [0, 0.1) is 35.0 Å². The highest BCUT2D eigenvalue weighted by Crippen LogP contribution is 2.70. The minimum atomic E-state index is -0.771. The van der Waals surface area contributed by atoms with Gasteiger partial charge in [0.1, 0.15) is 6.10 Å². The Morgan fingerprint density at radius 2 is 2.02 bits per heavy atom. The summed E-state index contributed by atoms with van der Waals surface area (Å²) < 4.78 is 11.1. The molecule has 0 unspecified atom stereocenters. The quantitative estimate of drug-likeness (QED) is 0.511. The molecule has 9 nitrogen and oxygen atoms in total. The van der Waals surface area contributed by atoms with Crippen LogP contribution in [0.5, 0.6) is 0 Å². The molecule has 0 bridgehead atoms. The summed E-state index contributed by atoms with van der Waals surface area (Å²) in [6.07, 6.45) is 10.8. The van der Waals surface area contributed by atoms with Gasteiger partial charge in [-0.25, -0.2) is 9.59 Å². The molecule has 2 amide bonds. The molecule has 4 aliphatic carbocycles. The van der Waals surface area contributed by atoms with Crippen molar-refractivity contribution in [3.8, 4) is 0 Å². The number of nitrogens with zero attached hydrogens (tertiary/aromatic N) is 1. The van der Waals surface area contributed by atoms with Gasteiger partial charge in [0, 0.05) is 37.7 Å². The zero-order valence-electron chi connectivity index (χ0n) is 23.8. The minimum absolute atomic E-state index is 0.0282. The van der Waals surface area contributed by atoms with Crippen LogP contribution >= 0.6 is 0 Å². The highest BCUT2D eigenvalue weighted by molar-refractivity contribution is 5.78. The highest BCUT2D eigenvalue weighted by Gasteiger charge is 2.67. The number of fused-ring (bicyclic) bond motifs is 5. The van der Waals surface area contributed by atoms with Gasteiger partial charge in [0.2, 0.25) is 5.91 Å². The number of nitrogens with one attached hydrogen (secondary N) is 2. The number of carbonyl (C=O) groups excluding carboxylic acids is 2. The number of alkyl carbamates (subject to hydrolysis) is 1. The molecule has 4 saturated carbocycles. The van der Waals surface area contributed by atoms with Crippen molar-refractivity contribution in [2.45, 2.75) is 82.8 Å². The van der Waals surface area contributed by atoms with Crippen LogP contribution in [0.3, 0.4) is 0 Å². The second-order valence-electron chi connectivity index (χ2n) is 13.5. The first-order valence-electron chi connectivity index (χ1n) is 15.2. The lowest BCUT2D eigenvalue weighted by Gasteiger charge is -2.63. The van der Waals surface area contributed by atoms with Gasteiger partial charge < -0.3 is 24.9 Å². The first-order valence-corrected chi connectivity index (χ1v) is 15.2. The van der Waals surface area contributed by atoms with Gasteiger partial charge in [0.25, 0.3) is 0 Å². The molecule has 9 heteroatoms.